The molecule has 1 N–H and O–H groups in total. The van der Waals surface area contributed by atoms with Crippen LogP contribution in [0.4, 0.5) is 10.1 Å². The Bertz CT molecular complexity index is 990. The molecule has 1 amide bonds. The summed E-state index contributed by atoms with van der Waals surface area (Å²) in [4.78, 5) is 14.8. The van der Waals surface area contributed by atoms with Gasteiger partial charge in [0.1, 0.15) is 11.6 Å². The van der Waals surface area contributed by atoms with Crippen molar-refractivity contribution in [1.82, 2.24) is 9.62 Å². The maximum Gasteiger partial charge on any atom is 0.385 e. The topological polar surface area (TPSA) is 79.0 Å². The van der Waals surface area contributed by atoms with E-state index in [4.69, 9.17) is 4.18 Å². The Morgan fingerprint density at radius 2 is 1.84 bits per heavy atom. The Kier molecular flexibility index (Phi) is 7.50. The molecule has 1 saturated heterocycles. The molecule has 7 nitrogen and oxygen atoms in total. The van der Waals surface area contributed by atoms with E-state index in [0.717, 1.165) is 40.8 Å². The molecular weight excluding hydrogens is 421 g/mol. The summed E-state index contributed by atoms with van der Waals surface area (Å²) in [5.41, 5.74) is 2.07. The van der Waals surface area contributed by atoms with Gasteiger partial charge in [0.15, 0.2) is 0 Å². The first kappa shape index (κ1) is 23.0. The predicted molar refractivity (Wildman–Crippen MR) is 118 cm³/mol. The van der Waals surface area contributed by atoms with Crippen LogP contribution >= 0.6 is 0 Å². The zero-order chi connectivity index (χ0) is 22.4. The fourth-order valence-corrected chi connectivity index (χ4v) is 4.66. The minimum atomic E-state index is -4.24. The van der Waals surface area contributed by atoms with Gasteiger partial charge in [-0.1, -0.05) is 12.1 Å². The van der Waals surface area contributed by atoms with Crippen LogP contribution in [0.2, 0.25) is 0 Å². The third-order valence-corrected chi connectivity index (χ3v) is 6.58. The highest BCUT2D eigenvalue weighted by Crippen LogP contribution is 2.21. The maximum atomic E-state index is 13.0. The van der Waals surface area contributed by atoms with Gasteiger partial charge in [0.25, 0.3) is 0 Å². The molecule has 1 aliphatic heterocycles. The van der Waals surface area contributed by atoms with Crippen molar-refractivity contribution in [3.63, 3.8) is 0 Å². The van der Waals surface area contributed by atoms with Crippen LogP contribution in [-0.2, 0) is 21.6 Å². The zero-order valence-corrected chi connectivity index (χ0v) is 18.6. The van der Waals surface area contributed by atoms with Gasteiger partial charge in [0.05, 0.1) is 6.54 Å². The number of hydrogen-bond donors (Lipinski definition) is 1. The molecule has 0 unspecified atom stereocenters. The van der Waals surface area contributed by atoms with Gasteiger partial charge in [0, 0.05) is 31.4 Å². The van der Waals surface area contributed by atoms with E-state index in [-0.39, 0.29) is 12.3 Å². The Balaban J connectivity index is 1.60. The summed E-state index contributed by atoms with van der Waals surface area (Å²) in [6.07, 6.45) is 2.36. The first-order valence-corrected chi connectivity index (χ1v) is 11.7. The molecule has 0 spiro atoms. The van der Waals surface area contributed by atoms with Crippen LogP contribution in [0.25, 0.3) is 0 Å². The lowest BCUT2D eigenvalue weighted by atomic mass is 10.2. The summed E-state index contributed by atoms with van der Waals surface area (Å²) in [5.74, 6) is -0.962. The number of rotatable bonds is 9. The Labute approximate surface area is 183 Å². The van der Waals surface area contributed by atoms with Crippen molar-refractivity contribution in [2.75, 3.05) is 24.5 Å². The molecule has 9 heteroatoms. The number of hydrogen-bond acceptors (Lipinski definition) is 5. The minimum absolute atomic E-state index is 0.0221. The van der Waals surface area contributed by atoms with Gasteiger partial charge in [0.2, 0.25) is 5.91 Å². The molecule has 0 radical (unpaired) electrons. The van der Waals surface area contributed by atoms with Crippen molar-refractivity contribution in [2.45, 2.75) is 39.3 Å². The number of amides is 1. The van der Waals surface area contributed by atoms with E-state index in [2.05, 4.69) is 16.3 Å². The molecule has 1 heterocycles. The van der Waals surface area contributed by atoms with Crippen molar-refractivity contribution in [2.24, 2.45) is 0 Å². The number of carbonyl (C=O) groups excluding carboxylic acids is 1. The molecule has 168 valence electrons. The molecule has 2 aromatic rings. The van der Waals surface area contributed by atoms with Crippen LogP contribution < -0.4 is 14.4 Å². The Morgan fingerprint density at radius 1 is 1.16 bits per heavy atom. The maximum absolute atomic E-state index is 13.0. The molecule has 3 rings (SSSR count). The summed E-state index contributed by atoms with van der Waals surface area (Å²) >= 11 is 0. The molecule has 1 fully saturated rings. The van der Waals surface area contributed by atoms with Crippen LogP contribution in [0.3, 0.4) is 0 Å². The SMILES string of the molecule is CC(C)N(CC(=O)NCc1cccc(N2CCCC2)c1)S(=O)(=O)Oc1ccc(F)cc1. The van der Waals surface area contributed by atoms with Crippen molar-refractivity contribution >= 4 is 21.9 Å². The summed E-state index contributed by atoms with van der Waals surface area (Å²) < 4.78 is 44.4. The van der Waals surface area contributed by atoms with Gasteiger partial charge >= 0.3 is 10.3 Å². The van der Waals surface area contributed by atoms with E-state index in [0.29, 0.717) is 6.54 Å². The number of nitrogens with zero attached hydrogens (tertiary/aromatic N) is 2. The lowest BCUT2D eigenvalue weighted by Gasteiger charge is -2.24. The number of halogens is 1. The third kappa shape index (κ3) is 6.41. The highest BCUT2D eigenvalue weighted by atomic mass is 32.2. The number of carbonyl (C=O) groups is 1. The van der Waals surface area contributed by atoms with Crippen molar-refractivity contribution in [3.05, 3.63) is 59.9 Å². The van der Waals surface area contributed by atoms with Crippen LogP contribution in [0, 0.1) is 5.82 Å². The fourth-order valence-electron chi connectivity index (χ4n) is 3.42. The minimum Gasteiger partial charge on any atom is -0.372 e. The zero-order valence-electron chi connectivity index (χ0n) is 17.8. The highest BCUT2D eigenvalue weighted by molar-refractivity contribution is 7.84. The normalized spacial score (nSPS) is 14.3. The quantitative estimate of drug-likeness (QED) is 0.637. The van der Waals surface area contributed by atoms with Crippen LogP contribution in [-0.4, -0.2) is 44.3 Å². The Hall–Kier alpha value is -2.65. The molecule has 0 atom stereocenters. The summed E-state index contributed by atoms with van der Waals surface area (Å²) in [6.45, 7) is 5.28. The monoisotopic (exact) mass is 449 g/mol. The molecular formula is C22H28FN3O4S. The van der Waals surface area contributed by atoms with Gasteiger partial charge in [-0.05, 0) is 68.7 Å². The van der Waals surface area contributed by atoms with Gasteiger partial charge < -0.3 is 14.4 Å². The van der Waals surface area contributed by atoms with Gasteiger partial charge in [-0.15, -0.1) is 0 Å². The van der Waals surface area contributed by atoms with Gasteiger partial charge in [-0.3, -0.25) is 4.79 Å². The molecule has 0 aromatic heterocycles. The van der Waals surface area contributed by atoms with E-state index in [1.54, 1.807) is 13.8 Å². The van der Waals surface area contributed by atoms with E-state index in [1.807, 2.05) is 18.2 Å². The summed E-state index contributed by atoms with van der Waals surface area (Å²) in [6, 6.07) is 12.1. The fraction of sp³-hybridized carbons (Fsp3) is 0.409. The van der Waals surface area contributed by atoms with Crippen LogP contribution in [0.1, 0.15) is 32.3 Å². The second kappa shape index (κ2) is 10.1. The van der Waals surface area contributed by atoms with Gasteiger partial charge in [-0.25, -0.2) is 4.39 Å². The number of anilines is 1. The average molecular weight is 450 g/mol. The molecule has 2 aromatic carbocycles. The Morgan fingerprint density at radius 3 is 2.48 bits per heavy atom. The number of nitrogens with one attached hydrogen (secondary N) is 1. The molecule has 1 aliphatic rings. The summed E-state index contributed by atoms with van der Waals surface area (Å²) in [5, 5.41) is 2.78. The van der Waals surface area contributed by atoms with Gasteiger partial charge in [-0.2, -0.15) is 12.7 Å². The average Bonchev–Trinajstić information content (AvgIpc) is 3.27. The van der Waals surface area contributed by atoms with Crippen LogP contribution in [0.5, 0.6) is 5.75 Å². The second-order valence-corrected chi connectivity index (χ2v) is 9.27. The van der Waals surface area contributed by atoms with Crippen molar-refractivity contribution in [3.8, 4) is 5.75 Å². The van der Waals surface area contributed by atoms with E-state index in [1.165, 1.54) is 25.0 Å². The molecule has 0 bridgehead atoms. The summed E-state index contributed by atoms with van der Waals surface area (Å²) in [7, 11) is -4.24. The lowest BCUT2D eigenvalue weighted by Crippen LogP contribution is -2.45. The first-order valence-electron chi connectivity index (χ1n) is 10.3. The second-order valence-electron chi connectivity index (χ2n) is 7.77. The molecule has 0 saturated carbocycles. The van der Waals surface area contributed by atoms with Crippen molar-refractivity contribution < 1.29 is 21.8 Å². The number of benzene rings is 2. The largest absolute Gasteiger partial charge is 0.385 e. The van der Waals surface area contributed by atoms with Crippen molar-refractivity contribution in [1.29, 1.82) is 0 Å². The van der Waals surface area contributed by atoms with Crippen LogP contribution in [0.15, 0.2) is 48.5 Å². The smallest absolute Gasteiger partial charge is 0.372 e. The standard InChI is InChI=1S/C22H28FN3O4S/c1-17(2)26(31(28,29)30-21-10-8-19(23)9-11-21)16-22(27)24-15-18-6-5-7-20(14-18)25-12-3-4-13-25/h5-11,14,17H,3-4,12-13,15-16H2,1-2H3,(H,24,27). The highest BCUT2D eigenvalue weighted by Gasteiger charge is 2.29. The molecule has 31 heavy (non-hydrogen) atoms. The van der Waals surface area contributed by atoms with E-state index >= 15 is 0 Å². The molecule has 0 aliphatic carbocycles. The lowest BCUT2D eigenvalue weighted by molar-refractivity contribution is -0.121. The third-order valence-electron chi connectivity index (χ3n) is 5.05. The predicted octanol–water partition coefficient (Wildman–Crippen LogP) is 3.08. The van der Waals surface area contributed by atoms with E-state index < -0.39 is 28.1 Å². The first-order chi connectivity index (χ1) is 14.7. The van der Waals surface area contributed by atoms with E-state index in [9.17, 15) is 17.6 Å².